The largest absolute Gasteiger partial charge is 0.495 e. The number of ether oxygens (including phenoxy) is 4. The fourth-order valence-corrected chi connectivity index (χ4v) is 5.21. The molecule has 3 aromatic rings. The van der Waals surface area contributed by atoms with E-state index in [1.54, 1.807) is 43.3 Å². The summed E-state index contributed by atoms with van der Waals surface area (Å²) in [6.07, 6.45) is 0.0287. The average Bonchev–Trinajstić information content (AvgIpc) is 2.92. The van der Waals surface area contributed by atoms with Gasteiger partial charge in [0, 0.05) is 12.1 Å². The highest BCUT2D eigenvalue weighted by atomic mass is 32.2. The van der Waals surface area contributed by atoms with E-state index in [1.807, 2.05) is 6.07 Å². The van der Waals surface area contributed by atoms with Crippen molar-refractivity contribution in [2.75, 3.05) is 33.8 Å². The number of sulfonamides is 1. The zero-order valence-corrected chi connectivity index (χ0v) is 22.5. The second-order valence-corrected chi connectivity index (χ2v) is 9.93. The maximum atomic E-state index is 13.6. The minimum atomic E-state index is -4.21. The van der Waals surface area contributed by atoms with Gasteiger partial charge in [-0.1, -0.05) is 36.4 Å². The maximum absolute atomic E-state index is 13.6. The van der Waals surface area contributed by atoms with Gasteiger partial charge < -0.3 is 24.3 Å². The van der Waals surface area contributed by atoms with Gasteiger partial charge in [0.05, 0.1) is 39.7 Å². The van der Waals surface area contributed by atoms with Gasteiger partial charge in [0.2, 0.25) is 15.9 Å². The number of nitrogens with one attached hydrogen (secondary N) is 2. The second kappa shape index (κ2) is 12.4. The molecule has 0 aliphatic rings. The number of rotatable bonds is 11. The van der Waals surface area contributed by atoms with Crippen LogP contribution in [-0.2, 0) is 26.0 Å². The lowest BCUT2D eigenvalue weighted by atomic mass is 10.1. The highest BCUT2D eigenvalue weighted by Gasteiger charge is 2.30. The molecule has 0 aromatic heterocycles. The Morgan fingerprint density at radius 1 is 0.842 bits per heavy atom. The number of carbonyl (C=O) groups is 2. The lowest BCUT2D eigenvalue weighted by molar-refractivity contribution is -0.117. The van der Waals surface area contributed by atoms with Gasteiger partial charge in [-0.15, -0.1) is 0 Å². The summed E-state index contributed by atoms with van der Waals surface area (Å²) in [5, 5.41) is 2.65. The van der Waals surface area contributed by atoms with Crippen molar-refractivity contribution in [3.63, 3.8) is 0 Å². The van der Waals surface area contributed by atoms with Gasteiger partial charge in [-0.25, -0.2) is 13.2 Å². The predicted molar refractivity (Wildman–Crippen MR) is 142 cm³/mol. The lowest BCUT2D eigenvalue weighted by Gasteiger charge is -2.21. The van der Waals surface area contributed by atoms with E-state index in [0.29, 0.717) is 11.1 Å². The van der Waals surface area contributed by atoms with Crippen LogP contribution < -0.4 is 24.2 Å². The third-order valence-corrected chi connectivity index (χ3v) is 7.18. The maximum Gasteiger partial charge on any atom is 0.340 e. The Balaban J connectivity index is 2.03. The Kier molecular flexibility index (Phi) is 9.32. The number of methoxy groups -OCH3 is 4. The molecule has 0 fully saturated rings. The molecule has 0 unspecified atom stereocenters. The first-order valence-corrected chi connectivity index (χ1v) is 13.0. The molecule has 0 radical (unpaired) electrons. The van der Waals surface area contributed by atoms with Gasteiger partial charge >= 0.3 is 5.97 Å². The van der Waals surface area contributed by atoms with Gasteiger partial charge in [0.25, 0.3) is 0 Å². The number of carbonyl (C=O) groups excluding carboxylic acids is 2. The Bertz CT molecular complexity index is 1410. The third kappa shape index (κ3) is 6.61. The minimum Gasteiger partial charge on any atom is -0.495 e. The highest BCUT2D eigenvalue weighted by Crippen LogP contribution is 2.34. The molecule has 11 heteroatoms. The summed E-state index contributed by atoms with van der Waals surface area (Å²) >= 11 is 0. The van der Waals surface area contributed by atoms with Crippen molar-refractivity contribution < 1.29 is 37.0 Å². The summed E-state index contributed by atoms with van der Waals surface area (Å²) in [5.41, 5.74) is 1.47. The molecular weight excluding hydrogens is 512 g/mol. The van der Waals surface area contributed by atoms with E-state index in [9.17, 15) is 18.0 Å². The van der Waals surface area contributed by atoms with Crippen LogP contribution in [0, 0.1) is 6.92 Å². The SMILES string of the molecule is COC(=O)c1cc(OC)c(OC)cc1NC(=O)[C@@H](Cc1ccccc1)NS(=O)(=O)c1cc(C)ccc1OC. The van der Waals surface area contributed by atoms with E-state index in [2.05, 4.69) is 10.0 Å². The Morgan fingerprint density at radius 3 is 2.08 bits per heavy atom. The van der Waals surface area contributed by atoms with Gasteiger partial charge in [0.1, 0.15) is 16.7 Å². The van der Waals surface area contributed by atoms with Crippen molar-refractivity contribution in [3.8, 4) is 17.2 Å². The molecule has 2 N–H and O–H groups in total. The van der Waals surface area contributed by atoms with Crippen molar-refractivity contribution in [2.24, 2.45) is 0 Å². The van der Waals surface area contributed by atoms with Crippen LogP contribution in [0.5, 0.6) is 17.2 Å². The quantitative estimate of drug-likeness (QED) is 0.353. The number of hydrogen-bond acceptors (Lipinski definition) is 8. The first-order valence-electron chi connectivity index (χ1n) is 11.5. The number of aryl methyl sites for hydroxylation is 1. The summed E-state index contributed by atoms with van der Waals surface area (Å²) in [6.45, 7) is 1.75. The summed E-state index contributed by atoms with van der Waals surface area (Å²) < 4.78 is 50.1. The van der Waals surface area contributed by atoms with Gasteiger partial charge in [0.15, 0.2) is 11.5 Å². The molecule has 3 rings (SSSR count). The second-order valence-electron chi connectivity index (χ2n) is 8.25. The Labute approximate surface area is 221 Å². The molecule has 0 bridgehead atoms. The third-order valence-electron chi connectivity index (χ3n) is 5.69. The predicted octanol–water partition coefficient (Wildman–Crippen LogP) is 3.34. The summed E-state index contributed by atoms with van der Waals surface area (Å²) in [6, 6.07) is 15.2. The van der Waals surface area contributed by atoms with Gasteiger partial charge in [-0.05, 0) is 36.6 Å². The van der Waals surface area contributed by atoms with Crippen LogP contribution >= 0.6 is 0 Å². The number of esters is 1. The first kappa shape index (κ1) is 28.5. The monoisotopic (exact) mass is 542 g/mol. The number of benzene rings is 3. The van der Waals surface area contributed by atoms with Crippen LogP contribution in [0.1, 0.15) is 21.5 Å². The zero-order valence-electron chi connectivity index (χ0n) is 21.7. The minimum absolute atomic E-state index is 0.000159. The molecule has 0 spiro atoms. The van der Waals surface area contributed by atoms with E-state index in [0.717, 1.165) is 0 Å². The fraction of sp³-hybridized carbons (Fsp3) is 0.259. The Hall–Kier alpha value is -4.09. The number of amides is 1. The molecular formula is C27H30N2O8S. The van der Waals surface area contributed by atoms with E-state index in [-0.39, 0.29) is 39.8 Å². The molecule has 1 atom stereocenters. The normalized spacial score (nSPS) is 11.8. The van der Waals surface area contributed by atoms with E-state index in [1.165, 1.54) is 46.6 Å². The molecule has 202 valence electrons. The molecule has 1 amide bonds. The zero-order chi connectivity index (χ0) is 27.9. The van der Waals surface area contributed by atoms with E-state index in [4.69, 9.17) is 18.9 Å². The van der Waals surface area contributed by atoms with Crippen molar-refractivity contribution in [1.82, 2.24) is 4.72 Å². The van der Waals surface area contributed by atoms with Gasteiger partial charge in [-0.3, -0.25) is 4.79 Å². The standard InChI is InChI=1S/C27H30N2O8S/c1-17-11-12-22(34-2)25(13-17)38(32,33)29-21(14-18-9-7-6-8-10-18)26(30)28-20-16-24(36-4)23(35-3)15-19(20)27(31)37-5/h6-13,15-16,21,29H,14H2,1-5H3,(H,28,30)/t21-/m1/s1. The van der Waals surface area contributed by atoms with Gasteiger partial charge in [-0.2, -0.15) is 4.72 Å². The van der Waals surface area contributed by atoms with Crippen LogP contribution in [0.25, 0.3) is 0 Å². The van der Waals surface area contributed by atoms with Crippen LogP contribution in [0.15, 0.2) is 65.6 Å². The molecule has 0 heterocycles. The van der Waals surface area contributed by atoms with Crippen molar-refractivity contribution in [2.45, 2.75) is 24.3 Å². The smallest absolute Gasteiger partial charge is 0.340 e. The molecule has 10 nitrogen and oxygen atoms in total. The molecule has 0 aliphatic carbocycles. The average molecular weight is 543 g/mol. The van der Waals surface area contributed by atoms with E-state index < -0.39 is 27.9 Å². The van der Waals surface area contributed by atoms with Crippen molar-refractivity contribution in [3.05, 3.63) is 77.4 Å². The first-order chi connectivity index (χ1) is 18.1. The lowest BCUT2D eigenvalue weighted by Crippen LogP contribution is -2.45. The van der Waals surface area contributed by atoms with Crippen LogP contribution in [0.4, 0.5) is 5.69 Å². The molecule has 0 saturated carbocycles. The van der Waals surface area contributed by atoms with Crippen LogP contribution in [-0.4, -0.2) is 54.8 Å². The summed E-state index contributed by atoms with van der Waals surface area (Å²) in [4.78, 5) is 25.9. The molecule has 0 saturated heterocycles. The Morgan fingerprint density at radius 2 is 1.47 bits per heavy atom. The molecule has 3 aromatic carbocycles. The fourth-order valence-electron chi connectivity index (χ4n) is 3.76. The van der Waals surface area contributed by atoms with Crippen LogP contribution in [0.3, 0.4) is 0 Å². The number of hydrogen-bond donors (Lipinski definition) is 2. The molecule has 38 heavy (non-hydrogen) atoms. The number of anilines is 1. The van der Waals surface area contributed by atoms with Crippen LogP contribution in [0.2, 0.25) is 0 Å². The summed E-state index contributed by atoms with van der Waals surface area (Å²) in [7, 11) is 1.17. The molecule has 0 aliphatic heterocycles. The van der Waals surface area contributed by atoms with E-state index >= 15 is 0 Å². The topological polar surface area (TPSA) is 129 Å². The van der Waals surface area contributed by atoms with Crippen molar-refractivity contribution >= 4 is 27.6 Å². The summed E-state index contributed by atoms with van der Waals surface area (Å²) in [5.74, 6) is -0.804. The van der Waals surface area contributed by atoms with Crippen molar-refractivity contribution in [1.29, 1.82) is 0 Å². The highest BCUT2D eigenvalue weighted by molar-refractivity contribution is 7.89.